The van der Waals surface area contributed by atoms with Gasteiger partial charge in [0.1, 0.15) is 5.56 Å². The lowest BCUT2D eigenvalue weighted by Crippen LogP contribution is -2.21. The first-order valence-electron chi connectivity index (χ1n) is 5.34. The number of para-hydroxylation sites is 1. The van der Waals surface area contributed by atoms with Crippen molar-refractivity contribution in [2.45, 2.75) is 6.42 Å². The van der Waals surface area contributed by atoms with Crippen LogP contribution < -0.4 is 9.64 Å². The highest BCUT2D eigenvalue weighted by atomic mass is 16.5. The standard InChI is InChI=1S/C12H13NO4/c1-16-12(15)9-4-2-5-10-11(9)17-7-3-6-13(10)8-14/h2,4-5,8H,3,6-7H2,1H3. The number of amides is 1. The summed E-state index contributed by atoms with van der Waals surface area (Å²) in [6, 6.07) is 5.08. The second-order valence-corrected chi connectivity index (χ2v) is 3.65. The maximum Gasteiger partial charge on any atom is 0.341 e. The quantitative estimate of drug-likeness (QED) is 0.571. The molecule has 1 aromatic rings. The number of carbonyl (C=O) groups is 2. The van der Waals surface area contributed by atoms with Crippen molar-refractivity contribution in [3.63, 3.8) is 0 Å². The zero-order chi connectivity index (χ0) is 12.3. The van der Waals surface area contributed by atoms with E-state index in [1.165, 1.54) is 12.0 Å². The Hall–Kier alpha value is -2.04. The number of nitrogens with zero attached hydrogens (tertiary/aromatic N) is 1. The van der Waals surface area contributed by atoms with E-state index >= 15 is 0 Å². The van der Waals surface area contributed by atoms with Gasteiger partial charge in [-0.05, 0) is 18.6 Å². The topological polar surface area (TPSA) is 55.8 Å². The van der Waals surface area contributed by atoms with Crippen molar-refractivity contribution in [2.24, 2.45) is 0 Å². The summed E-state index contributed by atoms with van der Waals surface area (Å²) in [4.78, 5) is 24.1. The van der Waals surface area contributed by atoms with Crippen molar-refractivity contribution >= 4 is 18.1 Å². The summed E-state index contributed by atoms with van der Waals surface area (Å²) in [6.45, 7) is 1.06. The minimum absolute atomic E-state index is 0.346. The van der Waals surface area contributed by atoms with Gasteiger partial charge in [0.05, 0.1) is 19.4 Å². The summed E-state index contributed by atoms with van der Waals surface area (Å²) in [5.74, 6) is -0.0430. The van der Waals surface area contributed by atoms with E-state index in [1.807, 2.05) is 0 Å². The van der Waals surface area contributed by atoms with E-state index in [4.69, 9.17) is 4.74 Å². The molecule has 0 fully saturated rings. The zero-order valence-corrected chi connectivity index (χ0v) is 9.51. The van der Waals surface area contributed by atoms with Crippen LogP contribution in [0.15, 0.2) is 18.2 Å². The van der Waals surface area contributed by atoms with E-state index in [9.17, 15) is 9.59 Å². The van der Waals surface area contributed by atoms with Gasteiger partial charge in [0.15, 0.2) is 5.75 Å². The minimum atomic E-state index is -0.463. The fraction of sp³-hybridized carbons (Fsp3) is 0.333. The number of rotatable bonds is 2. The summed E-state index contributed by atoms with van der Waals surface area (Å²) in [5.41, 5.74) is 0.958. The Bertz CT molecular complexity index is 444. The molecule has 0 aromatic heterocycles. The number of benzene rings is 1. The first-order valence-corrected chi connectivity index (χ1v) is 5.34. The van der Waals surface area contributed by atoms with Gasteiger partial charge in [0.2, 0.25) is 6.41 Å². The molecule has 1 aliphatic rings. The summed E-state index contributed by atoms with van der Waals surface area (Å²) < 4.78 is 10.2. The number of esters is 1. The van der Waals surface area contributed by atoms with E-state index in [2.05, 4.69) is 4.74 Å². The highest BCUT2D eigenvalue weighted by Crippen LogP contribution is 2.34. The molecule has 0 atom stereocenters. The second kappa shape index (κ2) is 4.86. The highest BCUT2D eigenvalue weighted by Gasteiger charge is 2.22. The lowest BCUT2D eigenvalue weighted by molar-refractivity contribution is -0.107. The van der Waals surface area contributed by atoms with Crippen LogP contribution in [0.2, 0.25) is 0 Å². The largest absolute Gasteiger partial charge is 0.490 e. The molecule has 1 aromatic carbocycles. The molecule has 0 radical (unpaired) electrons. The van der Waals surface area contributed by atoms with Crippen molar-refractivity contribution in [2.75, 3.05) is 25.2 Å². The van der Waals surface area contributed by atoms with Crippen LogP contribution in [0.3, 0.4) is 0 Å². The number of ether oxygens (including phenoxy) is 2. The number of hydrogen-bond acceptors (Lipinski definition) is 4. The van der Waals surface area contributed by atoms with E-state index in [0.29, 0.717) is 30.2 Å². The third kappa shape index (κ3) is 2.08. The Morgan fingerprint density at radius 3 is 3.06 bits per heavy atom. The maximum absolute atomic E-state index is 11.6. The fourth-order valence-corrected chi connectivity index (χ4v) is 1.81. The van der Waals surface area contributed by atoms with E-state index in [1.54, 1.807) is 18.2 Å². The Labute approximate surface area is 98.9 Å². The van der Waals surface area contributed by atoms with Crippen LogP contribution in [0.4, 0.5) is 5.69 Å². The highest BCUT2D eigenvalue weighted by molar-refractivity contribution is 5.96. The predicted octanol–water partition coefficient (Wildman–Crippen LogP) is 1.22. The lowest BCUT2D eigenvalue weighted by Gasteiger charge is -2.17. The van der Waals surface area contributed by atoms with E-state index in [0.717, 1.165) is 12.8 Å². The molecular weight excluding hydrogens is 222 g/mol. The molecule has 17 heavy (non-hydrogen) atoms. The summed E-state index contributed by atoms with van der Waals surface area (Å²) in [5, 5.41) is 0. The van der Waals surface area contributed by atoms with Crippen molar-refractivity contribution < 1.29 is 19.1 Å². The fourth-order valence-electron chi connectivity index (χ4n) is 1.81. The van der Waals surface area contributed by atoms with Crippen molar-refractivity contribution in [1.29, 1.82) is 0 Å². The Morgan fingerprint density at radius 1 is 1.53 bits per heavy atom. The van der Waals surface area contributed by atoms with Gasteiger partial charge in [-0.3, -0.25) is 4.79 Å². The Morgan fingerprint density at radius 2 is 2.35 bits per heavy atom. The zero-order valence-electron chi connectivity index (χ0n) is 9.51. The smallest absolute Gasteiger partial charge is 0.341 e. The number of methoxy groups -OCH3 is 1. The van der Waals surface area contributed by atoms with Crippen LogP contribution in [-0.4, -0.2) is 32.6 Å². The molecule has 1 heterocycles. The number of carbonyl (C=O) groups excluding carboxylic acids is 2. The van der Waals surface area contributed by atoms with Gasteiger partial charge < -0.3 is 14.4 Å². The van der Waals surface area contributed by atoms with Crippen LogP contribution in [-0.2, 0) is 9.53 Å². The molecular formula is C12H13NO4. The molecule has 0 bridgehead atoms. The van der Waals surface area contributed by atoms with Crippen LogP contribution in [0.5, 0.6) is 5.75 Å². The number of hydrogen-bond donors (Lipinski definition) is 0. The molecule has 1 aliphatic heterocycles. The van der Waals surface area contributed by atoms with Crippen LogP contribution in [0, 0.1) is 0 Å². The average molecular weight is 235 g/mol. The third-order valence-corrected chi connectivity index (χ3v) is 2.63. The van der Waals surface area contributed by atoms with Crippen molar-refractivity contribution in [3.8, 4) is 5.75 Å². The molecule has 0 unspecified atom stereocenters. The van der Waals surface area contributed by atoms with Gasteiger partial charge in [-0.2, -0.15) is 0 Å². The monoisotopic (exact) mass is 235 g/mol. The Kier molecular flexibility index (Phi) is 3.27. The molecule has 5 heteroatoms. The molecule has 0 aliphatic carbocycles. The van der Waals surface area contributed by atoms with Crippen LogP contribution >= 0.6 is 0 Å². The number of fused-ring (bicyclic) bond motifs is 1. The summed E-state index contributed by atoms with van der Waals surface area (Å²) >= 11 is 0. The van der Waals surface area contributed by atoms with Crippen molar-refractivity contribution in [1.82, 2.24) is 0 Å². The molecule has 5 nitrogen and oxygen atoms in total. The molecule has 0 saturated carbocycles. The van der Waals surface area contributed by atoms with Gasteiger partial charge in [0.25, 0.3) is 0 Å². The predicted molar refractivity (Wildman–Crippen MR) is 61.3 cm³/mol. The van der Waals surface area contributed by atoms with Crippen molar-refractivity contribution in [3.05, 3.63) is 23.8 Å². The van der Waals surface area contributed by atoms with Crippen LogP contribution in [0.1, 0.15) is 16.8 Å². The van der Waals surface area contributed by atoms with Gasteiger partial charge in [-0.1, -0.05) is 6.07 Å². The normalized spacial score (nSPS) is 14.3. The Balaban J connectivity index is 2.51. The summed E-state index contributed by atoms with van der Waals surface area (Å²) in [6.07, 6.45) is 1.47. The van der Waals surface area contributed by atoms with E-state index < -0.39 is 5.97 Å². The first kappa shape index (κ1) is 11.4. The summed E-state index contributed by atoms with van der Waals surface area (Å²) in [7, 11) is 1.32. The van der Waals surface area contributed by atoms with Gasteiger partial charge in [-0.15, -0.1) is 0 Å². The lowest BCUT2D eigenvalue weighted by atomic mass is 10.1. The minimum Gasteiger partial charge on any atom is -0.490 e. The van der Waals surface area contributed by atoms with E-state index in [-0.39, 0.29) is 0 Å². The van der Waals surface area contributed by atoms with Gasteiger partial charge in [-0.25, -0.2) is 4.79 Å². The molecule has 0 spiro atoms. The molecule has 2 rings (SSSR count). The molecule has 0 N–H and O–H groups in total. The average Bonchev–Trinajstić information content (AvgIpc) is 2.59. The van der Waals surface area contributed by atoms with Gasteiger partial charge >= 0.3 is 5.97 Å². The van der Waals surface area contributed by atoms with Crippen LogP contribution in [0.25, 0.3) is 0 Å². The third-order valence-electron chi connectivity index (χ3n) is 2.63. The van der Waals surface area contributed by atoms with Gasteiger partial charge in [0, 0.05) is 6.54 Å². The number of anilines is 1. The second-order valence-electron chi connectivity index (χ2n) is 3.65. The maximum atomic E-state index is 11.6. The molecule has 1 amide bonds. The first-order chi connectivity index (χ1) is 8.27. The molecule has 90 valence electrons. The SMILES string of the molecule is COC(=O)c1cccc2c1OCCCN2C=O. The molecule has 0 saturated heterocycles.